The number of fused-ring (bicyclic) bond motifs is 1. The van der Waals surface area contributed by atoms with Gasteiger partial charge in [-0.25, -0.2) is 0 Å². The molecule has 20 heavy (non-hydrogen) atoms. The molecule has 0 aliphatic carbocycles. The Kier molecular flexibility index (Phi) is 3.96. The van der Waals surface area contributed by atoms with Crippen molar-refractivity contribution < 1.29 is 9.47 Å². The molecule has 1 unspecified atom stereocenters. The minimum absolute atomic E-state index is 0.0850. The van der Waals surface area contributed by atoms with Crippen molar-refractivity contribution in [3.8, 4) is 6.07 Å². The van der Waals surface area contributed by atoms with Crippen molar-refractivity contribution in [2.24, 2.45) is 0 Å². The van der Waals surface area contributed by atoms with Crippen molar-refractivity contribution in [1.82, 2.24) is 0 Å². The number of hydrogen-bond acceptors (Lipinski definition) is 3. The largest absolute Gasteiger partial charge is 0.353 e. The minimum Gasteiger partial charge on any atom is -0.353 e. The predicted molar refractivity (Wildman–Crippen MR) is 77.0 cm³/mol. The summed E-state index contributed by atoms with van der Waals surface area (Å²) in [6.45, 7) is 1.32. The molecule has 3 heteroatoms. The molecule has 1 aliphatic heterocycles. The Bertz CT molecular complexity index is 639. The van der Waals surface area contributed by atoms with Gasteiger partial charge in [0, 0.05) is 6.61 Å². The summed E-state index contributed by atoms with van der Waals surface area (Å²) in [6, 6.07) is 14.0. The van der Waals surface area contributed by atoms with E-state index >= 15 is 0 Å². The van der Waals surface area contributed by atoms with Crippen molar-refractivity contribution in [3.05, 3.63) is 47.5 Å². The zero-order valence-electron chi connectivity index (χ0n) is 11.3. The van der Waals surface area contributed by atoms with Crippen LogP contribution in [-0.2, 0) is 16.1 Å². The third-order valence-electron chi connectivity index (χ3n) is 3.70. The Morgan fingerprint density at radius 1 is 1.15 bits per heavy atom. The lowest BCUT2D eigenvalue weighted by Gasteiger charge is -2.23. The molecule has 0 aromatic heterocycles. The Morgan fingerprint density at radius 2 is 2.00 bits per heavy atom. The average molecular weight is 267 g/mol. The number of nitriles is 1. The van der Waals surface area contributed by atoms with Crippen LogP contribution in [0.3, 0.4) is 0 Å². The molecular weight excluding hydrogens is 250 g/mol. The highest BCUT2D eigenvalue weighted by atomic mass is 16.7. The molecule has 0 amide bonds. The van der Waals surface area contributed by atoms with Crippen LogP contribution in [0.15, 0.2) is 36.4 Å². The van der Waals surface area contributed by atoms with Crippen LogP contribution >= 0.6 is 0 Å². The summed E-state index contributed by atoms with van der Waals surface area (Å²) in [6.07, 6.45) is 3.17. The van der Waals surface area contributed by atoms with Crippen LogP contribution in [0.4, 0.5) is 0 Å². The summed E-state index contributed by atoms with van der Waals surface area (Å²) in [5.41, 5.74) is 1.81. The van der Waals surface area contributed by atoms with E-state index in [-0.39, 0.29) is 6.29 Å². The summed E-state index contributed by atoms with van der Waals surface area (Å²) in [4.78, 5) is 0. The quantitative estimate of drug-likeness (QED) is 0.850. The maximum atomic E-state index is 9.16. The van der Waals surface area contributed by atoms with E-state index in [1.807, 2.05) is 36.4 Å². The third kappa shape index (κ3) is 2.67. The lowest BCUT2D eigenvalue weighted by Crippen LogP contribution is -2.22. The first-order valence-electron chi connectivity index (χ1n) is 7.02. The van der Waals surface area contributed by atoms with Crippen LogP contribution in [-0.4, -0.2) is 12.9 Å². The Hall–Kier alpha value is -1.89. The summed E-state index contributed by atoms with van der Waals surface area (Å²) in [7, 11) is 0. The Morgan fingerprint density at radius 3 is 2.75 bits per heavy atom. The van der Waals surface area contributed by atoms with E-state index in [0.29, 0.717) is 12.2 Å². The molecule has 2 aromatic carbocycles. The summed E-state index contributed by atoms with van der Waals surface area (Å²) >= 11 is 0. The fourth-order valence-corrected chi connectivity index (χ4v) is 2.61. The average Bonchev–Trinajstić information content (AvgIpc) is 2.53. The fourth-order valence-electron chi connectivity index (χ4n) is 2.61. The zero-order valence-corrected chi connectivity index (χ0v) is 11.3. The van der Waals surface area contributed by atoms with Crippen LogP contribution in [0.5, 0.6) is 0 Å². The summed E-state index contributed by atoms with van der Waals surface area (Å²) in [5.74, 6) is 0. The molecule has 0 spiro atoms. The molecule has 3 nitrogen and oxygen atoms in total. The molecule has 0 bridgehead atoms. The van der Waals surface area contributed by atoms with E-state index in [4.69, 9.17) is 14.7 Å². The number of nitrogens with zero attached hydrogens (tertiary/aromatic N) is 1. The molecule has 1 fully saturated rings. The van der Waals surface area contributed by atoms with Crippen molar-refractivity contribution in [3.63, 3.8) is 0 Å². The number of benzene rings is 2. The predicted octanol–water partition coefficient (Wildman–Crippen LogP) is 3.75. The van der Waals surface area contributed by atoms with Gasteiger partial charge in [-0.15, -0.1) is 0 Å². The van der Waals surface area contributed by atoms with Gasteiger partial charge < -0.3 is 9.47 Å². The monoisotopic (exact) mass is 267 g/mol. The highest BCUT2D eigenvalue weighted by molar-refractivity contribution is 5.90. The van der Waals surface area contributed by atoms with Crippen LogP contribution in [0.1, 0.15) is 30.4 Å². The zero-order chi connectivity index (χ0) is 13.8. The van der Waals surface area contributed by atoms with Crippen molar-refractivity contribution in [2.45, 2.75) is 32.2 Å². The highest BCUT2D eigenvalue weighted by Crippen LogP contribution is 2.24. The van der Waals surface area contributed by atoms with Gasteiger partial charge in [-0.1, -0.05) is 30.3 Å². The van der Waals surface area contributed by atoms with Crippen molar-refractivity contribution >= 4 is 10.8 Å². The van der Waals surface area contributed by atoms with Gasteiger partial charge in [-0.2, -0.15) is 5.26 Å². The van der Waals surface area contributed by atoms with E-state index in [1.165, 1.54) is 6.42 Å². The van der Waals surface area contributed by atoms with Gasteiger partial charge in [0.15, 0.2) is 6.29 Å². The summed E-state index contributed by atoms with van der Waals surface area (Å²) in [5, 5.41) is 11.2. The molecule has 1 saturated heterocycles. The van der Waals surface area contributed by atoms with Crippen LogP contribution in [0, 0.1) is 11.3 Å². The van der Waals surface area contributed by atoms with Gasteiger partial charge in [0.05, 0.1) is 18.2 Å². The van der Waals surface area contributed by atoms with Crippen LogP contribution < -0.4 is 0 Å². The SMILES string of the molecule is N#Cc1ccc(COC2CCCCO2)c2ccccc12. The smallest absolute Gasteiger partial charge is 0.158 e. The van der Waals surface area contributed by atoms with Gasteiger partial charge in [0.25, 0.3) is 0 Å². The van der Waals surface area contributed by atoms with E-state index < -0.39 is 0 Å². The van der Waals surface area contributed by atoms with E-state index in [0.717, 1.165) is 35.8 Å². The molecule has 1 atom stereocenters. The number of rotatable bonds is 3. The lowest BCUT2D eigenvalue weighted by atomic mass is 10.0. The standard InChI is InChI=1S/C17H17NO2/c18-11-13-8-9-14(16-6-2-1-5-15(13)16)12-20-17-7-3-4-10-19-17/h1-2,5-6,8-9,17H,3-4,7,10,12H2. The van der Waals surface area contributed by atoms with Crippen molar-refractivity contribution in [1.29, 1.82) is 5.26 Å². The maximum Gasteiger partial charge on any atom is 0.158 e. The molecule has 0 N–H and O–H groups in total. The molecule has 1 aliphatic rings. The Labute approximate surface area is 118 Å². The highest BCUT2D eigenvalue weighted by Gasteiger charge is 2.14. The molecular formula is C17H17NO2. The topological polar surface area (TPSA) is 42.2 Å². The molecule has 0 radical (unpaired) electrons. The molecule has 1 heterocycles. The molecule has 2 aromatic rings. The second kappa shape index (κ2) is 6.04. The second-order valence-electron chi connectivity index (χ2n) is 5.04. The van der Waals surface area contributed by atoms with Gasteiger partial charge >= 0.3 is 0 Å². The molecule has 102 valence electrons. The first-order chi connectivity index (χ1) is 9.88. The Balaban J connectivity index is 1.83. The summed E-state index contributed by atoms with van der Waals surface area (Å²) < 4.78 is 11.4. The van der Waals surface area contributed by atoms with Crippen LogP contribution in [0.25, 0.3) is 10.8 Å². The fraction of sp³-hybridized carbons (Fsp3) is 0.353. The van der Waals surface area contributed by atoms with Gasteiger partial charge in [0.2, 0.25) is 0 Å². The lowest BCUT2D eigenvalue weighted by molar-refractivity contribution is -0.168. The van der Waals surface area contributed by atoms with E-state index in [2.05, 4.69) is 6.07 Å². The van der Waals surface area contributed by atoms with Crippen molar-refractivity contribution in [2.75, 3.05) is 6.61 Å². The van der Waals surface area contributed by atoms with Gasteiger partial charge in [0.1, 0.15) is 0 Å². The third-order valence-corrected chi connectivity index (χ3v) is 3.70. The molecule has 3 rings (SSSR count). The van der Waals surface area contributed by atoms with Gasteiger partial charge in [-0.05, 0) is 41.7 Å². The second-order valence-corrected chi connectivity index (χ2v) is 5.04. The first-order valence-corrected chi connectivity index (χ1v) is 7.02. The first kappa shape index (κ1) is 13.1. The van der Waals surface area contributed by atoms with E-state index in [9.17, 15) is 0 Å². The maximum absolute atomic E-state index is 9.16. The number of ether oxygens (including phenoxy) is 2. The van der Waals surface area contributed by atoms with Crippen LogP contribution in [0.2, 0.25) is 0 Å². The van der Waals surface area contributed by atoms with Gasteiger partial charge in [-0.3, -0.25) is 0 Å². The normalized spacial score (nSPS) is 18.9. The van der Waals surface area contributed by atoms with E-state index in [1.54, 1.807) is 0 Å². The number of hydrogen-bond donors (Lipinski definition) is 0. The molecule has 0 saturated carbocycles. The minimum atomic E-state index is -0.0850.